The van der Waals surface area contributed by atoms with E-state index in [4.69, 9.17) is 16.3 Å². The molecule has 1 aliphatic rings. The molecule has 31 heavy (non-hydrogen) atoms. The zero-order chi connectivity index (χ0) is 22.0. The number of fused-ring (bicyclic) bond motifs is 1. The molecule has 160 valence electrons. The second-order valence-electron chi connectivity index (χ2n) is 7.59. The van der Waals surface area contributed by atoms with Gasteiger partial charge in [-0.15, -0.1) is 0 Å². The van der Waals surface area contributed by atoms with Crippen molar-refractivity contribution >= 4 is 35.1 Å². The molecule has 0 bridgehead atoms. The number of amides is 1. The lowest BCUT2D eigenvalue weighted by atomic mass is 9.87. The zero-order valence-electron chi connectivity index (χ0n) is 17.1. The lowest BCUT2D eigenvalue weighted by Gasteiger charge is -2.24. The first-order valence-electron chi connectivity index (χ1n) is 9.97. The van der Waals surface area contributed by atoms with Crippen molar-refractivity contribution in [2.75, 3.05) is 5.32 Å². The zero-order valence-corrected chi connectivity index (χ0v) is 18.7. The summed E-state index contributed by atoms with van der Waals surface area (Å²) in [6, 6.07) is 15.0. The summed E-state index contributed by atoms with van der Waals surface area (Å²) in [4.78, 5) is 32.7. The van der Waals surface area contributed by atoms with Crippen LogP contribution in [0, 0.1) is 0 Å². The first-order chi connectivity index (χ1) is 14.9. The van der Waals surface area contributed by atoms with Gasteiger partial charge in [0.05, 0.1) is 11.7 Å². The number of anilines is 1. The van der Waals surface area contributed by atoms with Gasteiger partial charge in [0.1, 0.15) is 11.6 Å². The molecular weight excluding hydrogens is 434 g/mol. The molecule has 3 aromatic rings. The van der Waals surface area contributed by atoms with Crippen LogP contribution in [-0.2, 0) is 10.5 Å². The van der Waals surface area contributed by atoms with Gasteiger partial charge in [0, 0.05) is 23.1 Å². The lowest BCUT2D eigenvalue weighted by Crippen LogP contribution is -2.31. The van der Waals surface area contributed by atoms with E-state index in [9.17, 15) is 9.59 Å². The molecule has 2 N–H and O–H groups in total. The number of carbonyl (C=O) groups is 1. The highest BCUT2D eigenvalue weighted by atomic mass is 35.5. The molecule has 4 rings (SSSR count). The van der Waals surface area contributed by atoms with Crippen LogP contribution in [0.1, 0.15) is 42.9 Å². The highest BCUT2D eigenvalue weighted by Crippen LogP contribution is 2.35. The van der Waals surface area contributed by atoms with Crippen molar-refractivity contribution in [1.29, 1.82) is 0 Å². The van der Waals surface area contributed by atoms with Crippen molar-refractivity contribution < 1.29 is 9.53 Å². The minimum absolute atomic E-state index is 0.0721. The monoisotopic (exact) mass is 455 g/mol. The van der Waals surface area contributed by atoms with Crippen molar-refractivity contribution in [2.45, 2.75) is 43.2 Å². The smallest absolute Gasteiger partial charge is 0.257 e. The third-order valence-corrected chi connectivity index (χ3v) is 6.07. The molecule has 2 aromatic carbocycles. The summed E-state index contributed by atoms with van der Waals surface area (Å²) in [6.45, 7) is 3.92. The molecule has 1 amide bonds. The third-order valence-electron chi connectivity index (χ3n) is 4.87. The summed E-state index contributed by atoms with van der Waals surface area (Å²) < 4.78 is 5.69. The molecule has 1 atom stereocenters. The molecule has 0 saturated heterocycles. The first-order valence-corrected chi connectivity index (χ1v) is 11.3. The number of carbonyl (C=O) groups excluding carboxylic acids is 1. The number of halogens is 1. The van der Waals surface area contributed by atoms with Gasteiger partial charge in [0.2, 0.25) is 5.91 Å². The van der Waals surface area contributed by atoms with E-state index in [1.165, 1.54) is 11.8 Å². The summed E-state index contributed by atoms with van der Waals surface area (Å²) >= 11 is 7.32. The Bertz CT molecular complexity index is 1140. The SMILES string of the molecule is CC(C)Oc1ccc(C2CC(=O)Nc3nc(SCc4ccc(Cl)cc4)[nH]c(=O)c32)cc1. The Balaban J connectivity index is 1.59. The van der Waals surface area contributed by atoms with Crippen molar-refractivity contribution in [3.8, 4) is 5.75 Å². The van der Waals surface area contributed by atoms with Gasteiger partial charge in [-0.2, -0.15) is 0 Å². The predicted molar refractivity (Wildman–Crippen MR) is 123 cm³/mol. The molecule has 1 unspecified atom stereocenters. The number of aromatic amines is 1. The number of thioether (sulfide) groups is 1. The van der Waals surface area contributed by atoms with Crippen molar-refractivity contribution in [3.63, 3.8) is 0 Å². The molecule has 0 saturated carbocycles. The Kier molecular flexibility index (Phi) is 6.34. The minimum Gasteiger partial charge on any atom is -0.491 e. The van der Waals surface area contributed by atoms with E-state index in [-0.39, 0.29) is 29.9 Å². The number of hydrogen-bond donors (Lipinski definition) is 2. The second kappa shape index (κ2) is 9.16. The van der Waals surface area contributed by atoms with E-state index in [1.54, 1.807) is 0 Å². The van der Waals surface area contributed by atoms with Gasteiger partial charge in [-0.25, -0.2) is 4.98 Å². The Morgan fingerprint density at radius 2 is 1.84 bits per heavy atom. The van der Waals surface area contributed by atoms with Crippen LogP contribution < -0.4 is 15.6 Å². The molecule has 6 nitrogen and oxygen atoms in total. The lowest BCUT2D eigenvalue weighted by molar-refractivity contribution is -0.116. The number of nitrogens with one attached hydrogen (secondary N) is 2. The van der Waals surface area contributed by atoms with Crippen LogP contribution in [0.5, 0.6) is 5.75 Å². The van der Waals surface area contributed by atoms with Crippen LogP contribution in [0.3, 0.4) is 0 Å². The summed E-state index contributed by atoms with van der Waals surface area (Å²) in [5.41, 5.74) is 2.17. The summed E-state index contributed by atoms with van der Waals surface area (Å²) in [5, 5.41) is 3.89. The van der Waals surface area contributed by atoms with Gasteiger partial charge in [-0.3, -0.25) is 9.59 Å². The number of rotatable bonds is 6. The van der Waals surface area contributed by atoms with Gasteiger partial charge in [-0.1, -0.05) is 47.6 Å². The van der Waals surface area contributed by atoms with Crippen LogP contribution in [0.2, 0.25) is 5.02 Å². The fraction of sp³-hybridized carbons (Fsp3) is 0.261. The topological polar surface area (TPSA) is 84.1 Å². The number of H-pyrrole nitrogens is 1. The van der Waals surface area contributed by atoms with Gasteiger partial charge >= 0.3 is 0 Å². The summed E-state index contributed by atoms with van der Waals surface area (Å²) in [6.07, 6.45) is 0.266. The Morgan fingerprint density at radius 3 is 2.52 bits per heavy atom. The van der Waals surface area contributed by atoms with E-state index in [2.05, 4.69) is 15.3 Å². The molecule has 2 heterocycles. The second-order valence-corrected chi connectivity index (χ2v) is 8.99. The number of benzene rings is 2. The van der Waals surface area contributed by atoms with Gasteiger partial charge in [0.25, 0.3) is 5.56 Å². The van der Waals surface area contributed by atoms with E-state index < -0.39 is 0 Å². The Morgan fingerprint density at radius 1 is 1.13 bits per heavy atom. The number of hydrogen-bond acceptors (Lipinski definition) is 5. The number of aromatic nitrogens is 2. The normalized spacial score (nSPS) is 15.5. The van der Waals surface area contributed by atoms with Crippen LogP contribution in [-0.4, -0.2) is 22.0 Å². The fourth-order valence-corrected chi connectivity index (χ4v) is 4.43. The van der Waals surface area contributed by atoms with E-state index >= 15 is 0 Å². The maximum Gasteiger partial charge on any atom is 0.257 e. The Labute approximate surface area is 189 Å². The van der Waals surface area contributed by atoms with E-state index in [0.29, 0.717) is 27.3 Å². The van der Waals surface area contributed by atoms with Crippen LogP contribution in [0.25, 0.3) is 0 Å². The van der Waals surface area contributed by atoms with E-state index in [1.807, 2.05) is 62.4 Å². The highest BCUT2D eigenvalue weighted by molar-refractivity contribution is 7.98. The van der Waals surface area contributed by atoms with Crippen LogP contribution in [0.4, 0.5) is 5.82 Å². The maximum absolute atomic E-state index is 12.9. The molecule has 1 aliphatic heterocycles. The van der Waals surface area contributed by atoms with Crippen LogP contribution >= 0.6 is 23.4 Å². The predicted octanol–water partition coefficient (Wildman–Crippen LogP) is 4.98. The third kappa shape index (κ3) is 5.11. The molecule has 8 heteroatoms. The molecule has 0 radical (unpaired) electrons. The standard InChI is InChI=1S/C23H22ClN3O3S/c1-13(2)30-17-9-5-15(6-10-17)18-11-19(28)25-21-20(18)22(29)27-23(26-21)31-12-14-3-7-16(24)8-4-14/h3-10,13,18H,11-12H2,1-2H3,(H2,25,26,27,28,29). The quantitative estimate of drug-likeness (QED) is 0.404. The highest BCUT2D eigenvalue weighted by Gasteiger charge is 2.31. The summed E-state index contributed by atoms with van der Waals surface area (Å²) in [5.74, 6) is 1.18. The van der Waals surface area contributed by atoms with Gasteiger partial charge in [0.15, 0.2) is 5.16 Å². The number of nitrogens with zero attached hydrogens (tertiary/aromatic N) is 1. The van der Waals surface area contributed by atoms with Gasteiger partial charge < -0.3 is 15.0 Å². The van der Waals surface area contributed by atoms with Crippen molar-refractivity contribution in [1.82, 2.24) is 9.97 Å². The van der Waals surface area contributed by atoms with E-state index in [0.717, 1.165) is 16.9 Å². The van der Waals surface area contributed by atoms with Crippen molar-refractivity contribution in [2.24, 2.45) is 0 Å². The molecule has 0 fully saturated rings. The molecule has 0 spiro atoms. The molecular formula is C23H22ClN3O3S. The molecule has 1 aromatic heterocycles. The minimum atomic E-state index is -0.358. The molecule has 0 aliphatic carbocycles. The largest absolute Gasteiger partial charge is 0.491 e. The van der Waals surface area contributed by atoms with Crippen molar-refractivity contribution in [3.05, 3.63) is 80.6 Å². The first kappa shape index (κ1) is 21.5. The average molecular weight is 456 g/mol. The number of ether oxygens (including phenoxy) is 1. The average Bonchev–Trinajstić information content (AvgIpc) is 2.72. The van der Waals surface area contributed by atoms with Gasteiger partial charge in [-0.05, 0) is 49.2 Å². The Hall–Kier alpha value is -2.77. The van der Waals surface area contributed by atoms with Crippen LogP contribution in [0.15, 0.2) is 58.5 Å². The summed E-state index contributed by atoms with van der Waals surface area (Å²) in [7, 11) is 0. The maximum atomic E-state index is 12.9. The fourth-order valence-electron chi connectivity index (χ4n) is 3.49.